The van der Waals surface area contributed by atoms with Crippen LogP contribution in [0.5, 0.6) is 5.75 Å². The van der Waals surface area contributed by atoms with Crippen molar-refractivity contribution in [1.82, 2.24) is 0 Å². The summed E-state index contributed by atoms with van der Waals surface area (Å²) in [4.78, 5) is 11.9. The molecule has 0 bridgehead atoms. The quantitative estimate of drug-likeness (QED) is 0.721. The normalized spacial score (nSPS) is 13.2. The smallest absolute Gasteiger partial charge is 0.347 e. The lowest BCUT2D eigenvalue weighted by molar-refractivity contribution is -0.155. The summed E-state index contributed by atoms with van der Waals surface area (Å²) in [6.45, 7) is 7.63. The topological polar surface area (TPSA) is 35.5 Å². The van der Waals surface area contributed by atoms with Crippen molar-refractivity contribution in [3.63, 3.8) is 0 Å². The summed E-state index contributed by atoms with van der Waals surface area (Å²) in [5.41, 5.74) is 3.51. The predicted molar refractivity (Wildman–Crippen MR) is 92.6 cm³/mol. The molecule has 2 aromatic carbocycles. The van der Waals surface area contributed by atoms with Crippen LogP contribution in [-0.2, 0) is 9.53 Å². The van der Waals surface area contributed by atoms with E-state index in [1.165, 1.54) is 5.56 Å². The minimum Gasteiger partial charge on any atom is -0.479 e. The van der Waals surface area contributed by atoms with Crippen molar-refractivity contribution in [2.75, 3.05) is 0 Å². The number of rotatable bonds is 6. The molecule has 0 fully saturated rings. The molecule has 2 atom stereocenters. The predicted octanol–water partition coefficient (Wildman–Crippen LogP) is 4.77. The monoisotopic (exact) mass is 312 g/mol. The SMILES string of the molecule is CCC(C)OC(=O)C(C)Oc1ccc(-c2ccc(C)cc2)cc1. The van der Waals surface area contributed by atoms with Gasteiger partial charge in [0.05, 0.1) is 6.10 Å². The van der Waals surface area contributed by atoms with E-state index in [0.717, 1.165) is 17.5 Å². The first-order chi connectivity index (χ1) is 11.0. The molecule has 0 saturated carbocycles. The van der Waals surface area contributed by atoms with Crippen LogP contribution >= 0.6 is 0 Å². The second-order valence-electron chi connectivity index (χ2n) is 5.81. The van der Waals surface area contributed by atoms with Crippen LogP contribution in [0.25, 0.3) is 11.1 Å². The Morgan fingerprint density at radius 3 is 2.00 bits per heavy atom. The lowest BCUT2D eigenvalue weighted by Gasteiger charge is -2.17. The van der Waals surface area contributed by atoms with Gasteiger partial charge in [0.15, 0.2) is 6.10 Å². The van der Waals surface area contributed by atoms with Gasteiger partial charge in [-0.05, 0) is 50.5 Å². The van der Waals surface area contributed by atoms with Gasteiger partial charge in [-0.2, -0.15) is 0 Å². The summed E-state index contributed by atoms with van der Waals surface area (Å²) in [6, 6.07) is 16.1. The summed E-state index contributed by atoms with van der Waals surface area (Å²) in [7, 11) is 0. The molecular weight excluding hydrogens is 288 g/mol. The molecule has 3 heteroatoms. The lowest BCUT2D eigenvalue weighted by Crippen LogP contribution is -2.29. The number of hydrogen-bond acceptors (Lipinski definition) is 3. The fourth-order valence-corrected chi connectivity index (χ4v) is 2.10. The van der Waals surface area contributed by atoms with Gasteiger partial charge >= 0.3 is 5.97 Å². The molecule has 2 aromatic rings. The molecule has 0 aliphatic heterocycles. The Bertz CT molecular complexity index is 629. The Hall–Kier alpha value is -2.29. The standard InChI is InChI=1S/C20H24O3/c1-5-15(3)22-20(21)16(4)23-19-12-10-18(11-13-19)17-8-6-14(2)7-9-17/h6-13,15-16H,5H2,1-4H3. The zero-order valence-electron chi connectivity index (χ0n) is 14.2. The third-order valence-electron chi connectivity index (χ3n) is 3.78. The van der Waals surface area contributed by atoms with Crippen LogP contribution < -0.4 is 4.74 Å². The number of esters is 1. The lowest BCUT2D eigenvalue weighted by atomic mass is 10.0. The van der Waals surface area contributed by atoms with Gasteiger partial charge in [-0.3, -0.25) is 0 Å². The summed E-state index contributed by atoms with van der Waals surface area (Å²) in [5, 5.41) is 0. The number of benzene rings is 2. The molecular formula is C20H24O3. The Kier molecular flexibility index (Phi) is 5.80. The molecule has 0 aromatic heterocycles. The van der Waals surface area contributed by atoms with E-state index in [2.05, 4.69) is 31.2 Å². The number of ether oxygens (including phenoxy) is 2. The van der Waals surface area contributed by atoms with Gasteiger partial charge in [0.25, 0.3) is 0 Å². The van der Waals surface area contributed by atoms with Crippen molar-refractivity contribution in [1.29, 1.82) is 0 Å². The second-order valence-corrected chi connectivity index (χ2v) is 5.81. The maximum absolute atomic E-state index is 11.9. The molecule has 0 spiro atoms. The Balaban J connectivity index is 1.99. The first-order valence-electron chi connectivity index (χ1n) is 8.04. The highest BCUT2D eigenvalue weighted by Gasteiger charge is 2.18. The minimum atomic E-state index is -0.616. The van der Waals surface area contributed by atoms with Crippen LogP contribution in [0.2, 0.25) is 0 Å². The van der Waals surface area contributed by atoms with Crippen LogP contribution in [0.3, 0.4) is 0 Å². The third kappa shape index (κ3) is 4.85. The summed E-state index contributed by atoms with van der Waals surface area (Å²) in [5.74, 6) is 0.330. The largest absolute Gasteiger partial charge is 0.479 e. The average molecular weight is 312 g/mol. The Morgan fingerprint density at radius 2 is 1.48 bits per heavy atom. The van der Waals surface area contributed by atoms with E-state index in [-0.39, 0.29) is 12.1 Å². The molecule has 0 N–H and O–H groups in total. The summed E-state index contributed by atoms with van der Waals surface area (Å²) in [6.07, 6.45) is 0.0932. The van der Waals surface area contributed by atoms with Gasteiger partial charge in [-0.15, -0.1) is 0 Å². The van der Waals surface area contributed by atoms with Crippen LogP contribution in [0.4, 0.5) is 0 Å². The molecule has 0 aliphatic rings. The summed E-state index contributed by atoms with van der Waals surface area (Å²) < 4.78 is 10.9. The number of aryl methyl sites for hydroxylation is 1. The first kappa shape index (κ1) is 17.1. The van der Waals surface area contributed by atoms with E-state index in [4.69, 9.17) is 9.47 Å². The maximum atomic E-state index is 11.9. The van der Waals surface area contributed by atoms with Crippen LogP contribution in [-0.4, -0.2) is 18.2 Å². The number of carbonyl (C=O) groups excluding carboxylic acids is 1. The Morgan fingerprint density at radius 1 is 0.957 bits per heavy atom. The van der Waals surface area contributed by atoms with Crippen molar-refractivity contribution >= 4 is 5.97 Å². The average Bonchev–Trinajstić information content (AvgIpc) is 2.56. The van der Waals surface area contributed by atoms with Crippen molar-refractivity contribution in [3.05, 3.63) is 54.1 Å². The van der Waals surface area contributed by atoms with Gasteiger partial charge in [0.1, 0.15) is 5.75 Å². The van der Waals surface area contributed by atoms with Crippen molar-refractivity contribution < 1.29 is 14.3 Å². The van der Waals surface area contributed by atoms with Gasteiger partial charge in [0, 0.05) is 0 Å². The van der Waals surface area contributed by atoms with E-state index in [1.54, 1.807) is 6.92 Å². The first-order valence-corrected chi connectivity index (χ1v) is 8.04. The zero-order valence-corrected chi connectivity index (χ0v) is 14.2. The van der Waals surface area contributed by atoms with Crippen LogP contribution in [0.1, 0.15) is 32.8 Å². The molecule has 2 unspecified atom stereocenters. The highest BCUT2D eigenvalue weighted by atomic mass is 16.6. The van der Waals surface area contributed by atoms with Crippen molar-refractivity contribution in [2.45, 2.75) is 46.3 Å². The van der Waals surface area contributed by atoms with E-state index in [0.29, 0.717) is 5.75 Å². The van der Waals surface area contributed by atoms with E-state index in [9.17, 15) is 4.79 Å². The summed E-state index contributed by atoms with van der Waals surface area (Å²) >= 11 is 0. The van der Waals surface area contributed by atoms with E-state index in [1.807, 2.05) is 38.1 Å². The van der Waals surface area contributed by atoms with E-state index < -0.39 is 6.10 Å². The van der Waals surface area contributed by atoms with Gasteiger partial charge in [-0.25, -0.2) is 4.79 Å². The molecule has 0 aliphatic carbocycles. The number of carbonyl (C=O) groups is 1. The van der Waals surface area contributed by atoms with Gasteiger partial charge < -0.3 is 9.47 Å². The molecule has 0 radical (unpaired) electrons. The van der Waals surface area contributed by atoms with Gasteiger partial charge in [0.2, 0.25) is 0 Å². The van der Waals surface area contributed by atoms with Crippen LogP contribution in [0, 0.1) is 6.92 Å². The zero-order chi connectivity index (χ0) is 16.8. The van der Waals surface area contributed by atoms with E-state index >= 15 is 0 Å². The van der Waals surface area contributed by atoms with Crippen molar-refractivity contribution in [3.8, 4) is 16.9 Å². The molecule has 0 heterocycles. The second kappa shape index (κ2) is 7.82. The van der Waals surface area contributed by atoms with Gasteiger partial charge in [-0.1, -0.05) is 48.9 Å². The fraction of sp³-hybridized carbons (Fsp3) is 0.350. The van der Waals surface area contributed by atoms with Crippen LogP contribution in [0.15, 0.2) is 48.5 Å². The fourth-order valence-electron chi connectivity index (χ4n) is 2.10. The highest BCUT2D eigenvalue weighted by molar-refractivity contribution is 5.75. The molecule has 23 heavy (non-hydrogen) atoms. The third-order valence-corrected chi connectivity index (χ3v) is 3.78. The molecule has 0 saturated heterocycles. The van der Waals surface area contributed by atoms with Crippen molar-refractivity contribution in [2.24, 2.45) is 0 Å². The number of hydrogen-bond donors (Lipinski definition) is 0. The highest BCUT2D eigenvalue weighted by Crippen LogP contribution is 2.23. The molecule has 2 rings (SSSR count). The maximum Gasteiger partial charge on any atom is 0.347 e. The minimum absolute atomic E-state index is 0.0857. The Labute approximate surface area is 138 Å². The molecule has 3 nitrogen and oxygen atoms in total. The molecule has 0 amide bonds. The molecule has 122 valence electrons.